The Morgan fingerprint density at radius 1 is 0.931 bits per heavy atom. The highest BCUT2D eigenvalue weighted by atomic mass is 15.2. The molecule has 2 aromatic heterocycles. The minimum Gasteiger partial charge on any atom is -0.361 e. The zero-order chi connectivity index (χ0) is 19.5. The van der Waals surface area contributed by atoms with Crippen LogP contribution in [0.15, 0.2) is 66.9 Å². The number of para-hydroxylation sites is 1. The maximum absolute atomic E-state index is 4.82. The molecule has 0 atom stereocenters. The zero-order valence-corrected chi connectivity index (χ0v) is 16.4. The second-order valence-corrected chi connectivity index (χ2v) is 7.53. The Bertz CT molecular complexity index is 1100. The lowest BCUT2D eigenvalue weighted by atomic mass is 10.1. The first-order valence-electron chi connectivity index (χ1n) is 10.4. The molecule has 0 unspecified atom stereocenters. The number of rotatable bonds is 6. The van der Waals surface area contributed by atoms with Gasteiger partial charge >= 0.3 is 0 Å². The van der Waals surface area contributed by atoms with E-state index in [-0.39, 0.29) is 0 Å². The molecule has 5 heteroatoms. The Balaban J connectivity index is 1.37. The van der Waals surface area contributed by atoms with Gasteiger partial charge in [-0.25, -0.2) is 4.98 Å². The van der Waals surface area contributed by atoms with Crippen LogP contribution in [0.2, 0.25) is 0 Å². The third kappa shape index (κ3) is 3.81. The molecule has 5 rings (SSSR count). The average Bonchev–Trinajstić information content (AvgIpc) is 3.45. The predicted octanol–water partition coefficient (Wildman–Crippen LogP) is 4.88. The van der Waals surface area contributed by atoms with Crippen molar-refractivity contribution in [1.82, 2.24) is 15.0 Å². The molecule has 5 nitrogen and oxygen atoms in total. The molecule has 1 saturated heterocycles. The van der Waals surface area contributed by atoms with E-state index in [4.69, 9.17) is 9.97 Å². The van der Waals surface area contributed by atoms with Crippen molar-refractivity contribution < 1.29 is 0 Å². The standard InChI is InChI=1S/C24H25N5/c1-2-8-18(9-3-1)22-16-23(29-14-6-7-15-29)28-24(27-22)25-13-12-19-17-26-21-11-5-4-10-20(19)21/h1-5,8-11,16-17,26H,6-7,12-15H2,(H,25,27,28). The van der Waals surface area contributed by atoms with Crippen molar-refractivity contribution in [2.45, 2.75) is 19.3 Å². The Hall–Kier alpha value is -3.34. The summed E-state index contributed by atoms with van der Waals surface area (Å²) in [5.74, 6) is 1.72. The highest BCUT2D eigenvalue weighted by Crippen LogP contribution is 2.26. The number of benzene rings is 2. The van der Waals surface area contributed by atoms with Gasteiger partial charge in [-0.3, -0.25) is 0 Å². The van der Waals surface area contributed by atoms with Gasteiger partial charge in [-0.15, -0.1) is 0 Å². The molecule has 3 heterocycles. The molecule has 1 aliphatic heterocycles. The van der Waals surface area contributed by atoms with Gasteiger partial charge in [0.05, 0.1) is 5.69 Å². The SMILES string of the molecule is c1ccc(-c2cc(N3CCCC3)nc(NCCc3c[nH]c4ccccc34)n2)cc1. The van der Waals surface area contributed by atoms with Crippen molar-refractivity contribution in [2.24, 2.45) is 0 Å². The molecular formula is C24H25N5. The predicted molar refractivity (Wildman–Crippen MR) is 119 cm³/mol. The van der Waals surface area contributed by atoms with Gasteiger partial charge in [-0.2, -0.15) is 4.98 Å². The van der Waals surface area contributed by atoms with Crippen LogP contribution in [-0.4, -0.2) is 34.6 Å². The van der Waals surface area contributed by atoms with Gasteiger partial charge < -0.3 is 15.2 Å². The van der Waals surface area contributed by atoms with E-state index in [2.05, 4.69) is 76.0 Å². The van der Waals surface area contributed by atoms with E-state index in [1.165, 1.54) is 29.3 Å². The molecule has 0 amide bonds. The van der Waals surface area contributed by atoms with Crippen LogP contribution in [0.1, 0.15) is 18.4 Å². The fourth-order valence-electron chi connectivity index (χ4n) is 4.03. The summed E-state index contributed by atoms with van der Waals surface area (Å²) in [6.07, 6.45) is 5.48. The monoisotopic (exact) mass is 383 g/mol. The van der Waals surface area contributed by atoms with Crippen LogP contribution < -0.4 is 10.2 Å². The molecule has 2 N–H and O–H groups in total. The molecule has 0 spiro atoms. The number of nitrogens with one attached hydrogen (secondary N) is 2. The minimum atomic E-state index is 0.702. The van der Waals surface area contributed by atoms with E-state index in [1.807, 2.05) is 6.07 Å². The van der Waals surface area contributed by atoms with Crippen LogP contribution in [-0.2, 0) is 6.42 Å². The number of aromatic amines is 1. The van der Waals surface area contributed by atoms with Gasteiger partial charge in [0, 0.05) is 48.4 Å². The summed E-state index contributed by atoms with van der Waals surface area (Å²) in [6, 6.07) is 20.9. The lowest BCUT2D eigenvalue weighted by Gasteiger charge is -2.18. The van der Waals surface area contributed by atoms with E-state index in [9.17, 15) is 0 Å². The summed E-state index contributed by atoms with van der Waals surface area (Å²) in [5.41, 5.74) is 4.58. The third-order valence-electron chi connectivity index (χ3n) is 5.56. The molecule has 146 valence electrons. The third-order valence-corrected chi connectivity index (χ3v) is 5.56. The maximum Gasteiger partial charge on any atom is 0.225 e. The summed E-state index contributed by atoms with van der Waals surface area (Å²) in [4.78, 5) is 15.3. The first-order valence-corrected chi connectivity index (χ1v) is 10.4. The van der Waals surface area contributed by atoms with Gasteiger partial charge in [0.2, 0.25) is 5.95 Å². The molecule has 2 aromatic carbocycles. The van der Waals surface area contributed by atoms with Gasteiger partial charge in [0.25, 0.3) is 0 Å². The van der Waals surface area contributed by atoms with Crippen LogP contribution in [0.3, 0.4) is 0 Å². The fourth-order valence-corrected chi connectivity index (χ4v) is 4.03. The largest absolute Gasteiger partial charge is 0.361 e. The van der Waals surface area contributed by atoms with E-state index < -0.39 is 0 Å². The number of aromatic nitrogens is 3. The second-order valence-electron chi connectivity index (χ2n) is 7.53. The molecule has 0 bridgehead atoms. The molecule has 29 heavy (non-hydrogen) atoms. The number of fused-ring (bicyclic) bond motifs is 1. The number of H-pyrrole nitrogens is 1. The second kappa shape index (κ2) is 7.95. The molecule has 4 aromatic rings. The summed E-state index contributed by atoms with van der Waals surface area (Å²) >= 11 is 0. The highest BCUT2D eigenvalue weighted by molar-refractivity contribution is 5.83. The number of nitrogens with zero attached hydrogens (tertiary/aromatic N) is 3. The Kier molecular flexibility index (Phi) is 4.87. The molecular weight excluding hydrogens is 358 g/mol. The average molecular weight is 383 g/mol. The van der Waals surface area contributed by atoms with Crippen molar-refractivity contribution in [3.63, 3.8) is 0 Å². The van der Waals surface area contributed by atoms with Gasteiger partial charge in [-0.05, 0) is 30.9 Å². The van der Waals surface area contributed by atoms with E-state index in [1.54, 1.807) is 0 Å². The Morgan fingerprint density at radius 3 is 2.59 bits per heavy atom. The van der Waals surface area contributed by atoms with Gasteiger partial charge in [0.1, 0.15) is 5.82 Å². The van der Waals surface area contributed by atoms with Crippen LogP contribution >= 0.6 is 0 Å². The van der Waals surface area contributed by atoms with Crippen molar-refractivity contribution in [3.05, 3.63) is 72.4 Å². The number of hydrogen-bond donors (Lipinski definition) is 2. The van der Waals surface area contributed by atoms with E-state index >= 15 is 0 Å². The zero-order valence-electron chi connectivity index (χ0n) is 16.4. The number of anilines is 2. The molecule has 1 fully saturated rings. The Morgan fingerprint density at radius 2 is 1.72 bits per heavy atom. The van der Waals surface area contributed by atoms with Gasteiger partial charge in [0.15, 0.2) is 0 Å². The van der Waals surface area contributed by atoms with Crippen molar-refractivity contribution in [3.8, 4) is 11.3 Å². The van der Waals surface area contributed by atoms with Gasteiger partial charge in [-0.1, -0.05) is 48.5 Å². The number of hydrogen-bond acceptors (Lipinski definition) is 4. The molecule has 0 saturated carbocycles. The van der Waals surface area contributed by atoms with Crippen LogP contribution in [0.25, 0.3) is 22.2 Å². The van der Waals surface area contributed by atoms with Crippen molar-refractivity contribution >= 4 is 22.7 Å². The first-order chi connectivity index (χ1) is 14.4. The lowest BCUT2D eigenvalue weighted by Crippen LogP contribution is -2.20. The van der Waals surface area contributed by atoms with Crippen LogP contribution in [0, 0.1) is 0 Å². The van der Waals surface area contributed by atoms with Crippen LogP contribution in [0.4, 0.5) is 11.8 Å². The van der Waals surface area contributed by atoms with E-state index in [0.29, 0.717) is 5.95 Å². The fraction of sp³-hybridized carbons (Fsp3) is 0.250. The smallest absolute Gasteiger partial charge is 0.225 e. The quantitative estimate of drug-likeness (QED) is 0.498. The van der Waals surface area contributed by atoms with Crippen molar-refractivity contribution in [2.75, 3.05) is 29.9 Å². The molecule has 0 aliphatic carbocycles. The van der Waals surface area contributed by atoms with Crippen LogP contribution in [0.5, 0.6) is 0 Å². The highest BCUT2D eigenvalue weighted by Gasteiger charge is 2.16. The molecule has 1 aliphatic rings. The lowest BCUT2D eigenvalue weighted by molar-refractivity contribution is 0.920. The topological polar surface area (TPSA) is 56.8 Å². The molecule has 0 radical (unpaired) electrons. The van der Waals surface area contributed by atoms with E-state index in [0.717, 1.165) is 43.1 Å². The summed E-state index contributed by atoms with van der Waals surface area (Å²) in [7, 11) is 0. The summed E-state index contributed by atoms with van der Waals surface area (Å²) in [5, 5.41) is 4.74. The summed E-state index contributed by atoms with van der Waals surface area (Å²) < 4.78 is 0. The van der Waals surface area contributed by atoms with Crippen molar-refractivity contribution in [1.29, 1.82) is 0 Å². The maximum atomic E-state index is 4.82. The first kappa shape index (κ1) is 17.7. The Labute approximate surface area is 170 Å². The normalized spacial score (nSPS) is 13.9. The minimum absolute atomic E-state index is 0.702. The summed E-state index contributed by atoms with van der Waals surface area (Å²) in [6.45, 7) is 2.93.